The van der Waals surface area contributed by atoms with Crippen molar-refractivity contribution in [1.29, 1.82) is 0 Å². The van der Waals surface area contributed by atoms with E-state index in [1.807, 2.05) is 25.1 Å². The number of nitrogens with zero attached hydrogens (tertiary/aromatic N) is 5. The smallest absolute Gasteiger partial charge is 0.273 e. The molecular formula is C19H22N6O3. The molecule has 0 spiro atoms. The Morgan fingerprint density at radius 3 is 2.68 bits per heavy atom. The molecule has 0 aliphatic carbocycles. The number of piperazine rings is 1. The molecule has 28 heavy (non-hydrogen) atoms. The lowest BCUT2D eigenvalue weighted by atomic mass is 10.3. The molecule has 1 aliphatic heterocycles. The minimum absolute atomic E-state index is 0.273. The van der Waals surface area contributed by atoms with Crippen LogP contribution in [0.2, 0.25) is 0 Å². The Morgan fingerprint density at radius 2 is 1.96 bits per heavy atom. The van der Waals surface area contributed by atoms with E-state index in [2.05, 4.69) is 30.1 Å². The van der Waals surface area contributed by atoms with Crippen molar-refractivity contribution in [1.82, 2.24) is 25.2 Å². The molecule has 9 nitrogen and oxygen atoms in total. The number of aromatic nitrogens is 3. The van der Waals surface area contributed by atoms with E-state index in [0.29, 0.717) is 24.7 Å². The molecule has 0 bridgehead atoms. The van der Waals surface area contributed by atoms with Crippen LogP contribution in [0, 0.1) is 6.92 Å². The second-order valence-electron chi connectivity index (χ2n) is 6.63. The fourth-order valence-corrected chi connectivity index (χ4v) is 3.08. The molecule has 4 heterocycles. The van der Waals surface area contributed by atoms with Gasteiger partial charge in [0.2, 0.25) is 11.8 Å². The molecular weight excluding hydrogens is 360 g/mol. The van der Waals surface area contributed by atoms with Gasteiger partial charge in [-0.2, -0.15) is 0 Å². The Labute approximate surface area is 162 Å². The van der Waals surface area contributed by atoms with Crippen molar-refractivity contribution in [2.24, 2.45) is 0 Å². The highest BCUT2D eigenvalue weighted by Crippen LogP contribution is 2.13. The van der Waals surface area contributed by atoms with Gasteiger partial charge in [-0.3, -0.25) is 9.69 Å². The lowest BCUT2D eigenvalue weighted by molar-refractivity contribution is 0.0942. The Bertz CT molecular complexity index is 915. The molecule has 0 radical (unpaired) electrons. The molecule has 0 unspecified atom stereocenters. The first-order valence-corrected chi connectivity index (χ1v) is 9.19. The van der Waals surface area contributed by atoms with Crippen molar-refractivity contribution in [3.63, 3.8) is 0 Å². The zero-order valence-corrected chi connectivity index (χ0v) is 15.7. The van der Waals surface area contributed by atoms with Gasteiger partial charge < -0.3 is 19.1 Å². The Morgan fingerprint density at radius 1 is 1.18 bits per heavy atom. The van der Waals surface area contributed by atoms with Crippen LogP contribution < -0.4 is 10.2 Å². The number of hydrogen-bond donors (Lipinski definition) is 1. The minimum Gasteiger partial charge on any atom is -0.465 e. The van der Waals surface area contributed by atoms with Crippen molar-refractivity contribution in [2.75, 3.05) is 31.1 Å². The van der Waals surface area contributed by atoms with Crippen LogP contribution in [0.15, 0.2) is 45.7 Å². The molecule has 0 aromatic carbocycles. The summed E-state index contributed by atoms with van der Waals surface area (Å²) >= 11 is 0. The Balaban J connectivity index is 1.26. The van der Waals surface area contributed by atoms with Crippen LogP contribution in [-0.2, 0) is 13.1 Å². The van der Waals surface area contributed by atoms with Crippen LogP contribution >= 0.6 is 0 Å². The number of amides is 1. The number of rotatable bonds is 6. The lowest BCUT2D eigenvalue weighted by Gasteiger charge is -2.33. The van der Waals surface area contributed by atoms with Crippen molar-refractivity contribution < 1.29 is 13.6 Å². The largest absolute Gasteiger partial charge is 0.465 e. The Kier molecular flexibility index (Phi) is 5.34. The first kappa shape index (κ1) is 18.2. The van der Waals surface area contributed by atoms with Gasteiger partial charge in [-0.05, 0) is 25.1 Å². The van der Waals surface area contributed by atoms with Crippen LogP contribution in [0.4, 0.5) is 5.95 Å². The first-order chi connectivity index (χ1) is 13.7. The summed E-state index contributed by atoms with van der Waals surface area (Å²) in [6.45, 7) is 6.11. The maximum absolute atomic E-state index is 12.2. The molecule has 4 rings (SSSR count). The van der Waals surface area contributed by atoms with E-state index in [1.165, 1.54) is 6.26 Å². The van der Waals surface area contributed by atoms with Crippen molar-refractivity contribution >= 4 is 11.9 Å². The summed E-state index contributed by atoms with van der Waals surface area (Å²) in [6, 6.07) is 5.51. The third-order valence-corrected chi connectivity index (χ3v) is 4.57. The fraction of sp³-hybridized carbons (Fsp3) is 0.368. The second-order valence-corrected chi connectivity index (χ2v) is 6.63. The van der Waals surface area contributed by atoms with Gasteiger partial charge in [0.05, 0.1) is 13.1 Å². The second kappa shape index (κ2) is 8.22. The standard InChI is InChI=1S/C19H22N6O3/c1-14-3-4-15(28-14)11-22-18(26)16-13-27-17(23-16)12-24-7-9-25(10-8-24)19-20-5-2-6-21-19/h2-6,13H,7-12H2,1H3,(H,22,26). The minimum atomic E-state index is -0.282. The number of furan rings is 1. The first-order valence-electron chi connectivity index (χ1n) is 9.19. The van der Waals surface area contributed by atoms with Gasteiger partial charge in [0, 0.05) is 38.6 Å². The van der Waals surface area contributed by atoms with Crippen molar-refractivity contribution in [2.45, 2.75) is 20.0 Å². The summed E-state index contributed by atoms with van der Waals surface area (Å²) in [7, 11) is 0. The van der Waals surface area contributed by atoms with Gasteiger partial charge >= 0.3 is 0 Å². The number of nitrogens with one attached hydrogen (secondary N) is 1. The molecule has 1 saturated heterocycles. The summed E-state index contributed by atoms with van der Waals surface area (Å²) in [5.74, 6) is 2.52. The molecule has 3 aromatic heterocycles. The van der Waals surface area contributed by atoms with Crippen LogP contribution in [0.5, 0.6) is 0 Å². The normalized spacial score (nSPS) is 15.0. The summed E-state index contributed by atoms with van der Waals surface area (Å²) < 4.78 is 10.9. The van der Waals surface area contributed by atoms with E-state index in [9.17, 15) is 4.79 Å². The maximum Gasteiger partial charge on any atom is 0.273 e. The van der Waals surface area contributed by atoms with Crippen LogP contribution in [0.3, 0.4) is 0 Å². The molecule has 1 amide bonds. The molecule has 1 N–H and O–H groups in total. The van der Waals surface area contributed by atoms with Crippen LogP contribution in [-0.4, -0.2) is 51.9 Å². The molecule has 1 fully saturated rings. The molecule has 9 heteroatoms. The van der Waals surface area contributed by atoms with Gasteiger partial charge in [-0.15, -0.1) is 0 Å². The van der Waals surface area contributed by atoms with Gasteiger partial charge in [-0.1, -0.05) is 0 Å². The van der Waals surface area contributed by atoms with E-state index in [-0.39, 0.29) is 11.6 Å². The molecule has 1 aliphatic rings. The van der Waals surface area contributed by atoms with Crippen molar-refractivity contribution in [3.8, 4) is 0 Å². The van der Waals surface area contributed by atoms with E-state index in [4.69, 9.17) is 8.83 Å². The average molecular weight is 382 g/mol. The van der Waals surface area contributed by atoms with Gasteiger partial charge in [0.1, 0.15) is 17.8 Å². The number of anilines is 1. The molecule has 3 aromatic rings. The van der Waals surface area contributed by atoms with Crippen LogP contribution in [0.25, 0.3) is 0 Å². The maximum atomic E-state index is 12.2. The third kappa shape index (κ3) is 4.37. The predicted octanol–water partition coefficient (Wildman–Crippen LogP) is 1.62. The van der Waals surface area contributed by atoms with E-state index in [0.717, 1.165) is 37.9 Å². The zero-order valence-electron chi connectivity index (χ0n) is 15.7. The molecule has 0 atom stereocenters. The van der Waals surface area contributed by atoms with Gasteiger partial charge in [0.15, 0.2) is 5.69 Å². The highest BCUT2D eigenvalue weighted by atomic mass is 16.3. The summed E-state index contributed by atoms with van der Waals surface area (Å²) in [4.78, 5) is 29.5. The molecule has 0 saturated carbocycles. The van der Waals surface area contributed by atoms with E-state index < -0.39 is 0 Å². The molecule has 146 valence electrons. The highest BCUT2D eigenvalue weighted by Gasteiger charge is 2.21. The zero-order chi connectivity index (χ0) is 19.3. The number of carbonyl (C=O) groups is 1. The quantitative estimate of drug-likeness (QED) is 0.686. The average Bonchev–Trinajstić information content (AvgIpc) is 3.36. The highest BCUT2D eigenvalue weighted by molar-refractivity contribution is 5.91. The van der Waals surface area contributed by atoms with Crippen LogP contribution in [0.1, 0.15) is 27.9 Å². The number of hydrogen-bond acceptors (Lipinski definition) is 8. The number of oxazole rings is 1. The number of carbonyl (C=O) groups excluding carboxylic acids is 1. The fourth-order valence-electron chi connectivity index (χ4n) is 3.08. The predicted molar refractivity (Wildman–Crippen MR) is 101 cm³/mol. The van der Waals surface area contributed by atoms with Gasteiger partial charge in [-0.25, -0.2) is 15.0 Å². The topological polar surface area (TPSA) is 101 Å². The van der Waals surface area contributed by atoms with Crippen molar-refractivity contribution in [3.05, 3.63) is 60.0 Å². The number of aryl methyl sites for hydroxylation is 1. The summed E-state index contributed by atoms with van der Waals surface area (Å²) in [5, 5.41) is 2.78. The lowest BCUT2D eigenvalue weighted by Crippen LogP contribution is -2.46. The SMILES string of the molecule is Cc1ccc(CNC(=O)c2coc(CN3CCN(c4ncccn4)CC3)n2)o1. The Hall–Kier alpha value is -3.20. The summed E-state index contributed by atoms with van der Waals surface area (Å²) in [6.07, 6.45) is 4.90. The van der Waals surface area contributed by atoms with Gasteiger partial charge in [0.25, 0.3) is 5.91 Å². The summed E-state index contributed by atoms with van der Waals surface area (Å²) in [5.41, 5.74) is 0.273. The van der Waals surface area contributed by atoms with E-state index in [1.54, 1.807) is 12.4 Å². The third-order valence-electron chi connectivity index (χ3n) is 4.57. The van der Waals surface area contributed by atoms with E-state index >= 15 is 0 Å². The monoisotopic (exact) mass is 382 g/mol.